The molecule has 1 aromatic heterocycles. The number of aromatic nitrogens is 2. The molecule has 0 aliphatic rings. The molecule has 0 aromatic carbocycles. The fourth-order valence-electron chi connectivity index (χ4n) is 0.761. The summed E-state index contributed by atoms with van der Waals surface area (Å²) in [6.45, 7) is 2.95. The highest BCUT2D eigenvalue weighted by Gasteiger charge is 1.92. The molecule has 0 unspecified atom stereocenters. The monoisotopic (exact) mass is 149 g/mol. The standard InChI is InChI=1S/C8H11N3/c1-2-3-5-11-6-4-8(7-9)10-11/h4,6H,5,7,9H2,1H3. The van der Waals surface area contributed by atoms with Crippen LogP contribution in [0.3, 0.4) is 0 Å². The van der Waals surface area contributed by atoms with E-state index in [1.54, 1.807) is 4.68 Å². The van der Waals surface area contributed by atoms with Crippen molar-refractivity contribution in [2.24, 2.45) is 5.73 Å². The zero-order chi connectivity index (χ0) is 8.10. The Morgan fingerprint density at radius 3 is 3.09 bits per heavy atom. The summed E-state index contributed by atoms with van der Waals surface area (Å²) in [6.07, 6.45) is 1.88. The summed E-state index contributed by atoms with van der Waals surface area (Å²) >= 11 is 0. The highest BCUT2D eigenvalue weighted by atomic mass is 15.3. The van der Waals surface area contributed by atoms with Gasteiger partial charge >= 0.3 is 0 Å². The minimum atomic E-state index is 0.493. The summed E-state index contributed by atoms with van der Waals surface area (Å²) in [5, 5.41) is 4.16. The van der Waals surface area contributed by atoms with Gasteiger partial charge in [-0.3, -0.25) is 4.68 Å². The molecule has 0 spiro atoms. The van der Waals surface area contributed by atoms with Crippen LogP contribution < -0.4 is 5.73 Å². The quantitative estimate of drug-likeness (QED) is 0.617. The number of hydrogen-bond acceptors (Lipinski definition) is 2. The second-order valence-corrected chi connectivity index (χ2v) is 2.14. The van der Waals surface area contributed by atoms with Gasteiger partial charge in [0, 0.05) is 12.7 Å². The minimum absolute atomic E-state index is 0.493. The van der Waals surface area contributed by atoms with E-state index in [-0.39, 0.29) is 0 Å². The van der Waals surface area contributed by atoms with Crippen molar-refractivity contribution >= 4 is 0 Å². The van der Waals surface area contributed by atoms with Crippen LogP contribution in [-0.2, 0) is 13.1 Å². The molecule has 0 aliphatic heterocycles. The molecule has 1 heterocycles. The van der Waals surface area contributed by atoms with Crippen LogP contribution in [0.5, 0.6) is 0 Å². The van der Waals surface area contributed by atoms with Crippen molar-refractivity contribution < 1.29 is 0 Å². The first-order valence-electron chi connectivity index (χ1n) is 3.49. The topological polar surface area (TPSA) is 43.8 Å². The van der Waals surface area contributed by atoms with Crippen LogP contribution in [0, 0.1) is 11.8 Å². The average molecular weight is 149 g/mol. The van der Waals surface area contributed by atoms with Gasteiger partial charge in [-0.05, 0) is 13.0 Å². The van der Waals surface area contributed by atoms with Crippen molar-refractivity contribution in [3.63, 3.8) is 0 Å². The zero-order valence-corrected chi connectivity index (χ0v) is 6.54. The summed E-state index contributed by atoms with van der Waals surface area (Å²) < 4.78 is 1.78. The van der Waals surface area contributed by atoms with Crippen molar-refractivity contribution in [2.45, 2.75) is 20.0 Å². The molecule has 58 valence electrons. The predicted molar refractivity (Wildman–Crippen MR) is 43.6 cm³/mol. The number of nitrogens with zero attached hydrogens (tertiary/aromatic N) is 2. The van der Waals surface area contributed by atoms with Gasteiger partial charge in [-0.25, -0.2) is 0 Å². The van der Waals surface area contributed by atoms with Crippen LogP contribution in [0.15, 0.2) is 12.3 Å². The normalized spacial score (nSPS) is 8.91. The lowest BCUT2D eigenvalue weighted by atomic mass is 10.4. The van der Waals surface area contributed by atoms with Crippen LogP contribution in [0.2, 0.25) is 0 Å². The molecule has 1 aromatic rings. The van der Waals surface area contributed by atoms with Gasteiger partial charge < -0.3 is 5.73 Å². The minimum Gasteiger partial charge on any atom is -0.325 e. The number of hydrogen-bond donors (Lipinski definition) is 1. The Hall–Kier alpha value is -1.27. The van der Waals surface area contributed by atoms with Gasteiger partial charge in [-0.15, -0.1) is 5.92 Å². The second kappa shape index (κ2) is 3.79. The Balaban J connectivity index is 2.62. The SMILES string of the molecule is CC#CCn1ccc(CN)n1. The van der Waals surface area contributed by atoms with Gasteiger partial charge in [0.1, 0.15) is 6.54 Å². The molecule has 0 amide bonds. The summed E-state index contributed by atoms with van der Waals surface area (Å²) in [5.41, 5.74) is 6.29. The van der Waals surface area contributed by atoms with E-state index in [9.17, 15) is 0 Å². The maximum atomic E-state index is 5.38. The lowest BCUT2D eigenvalue weighted by molar-refractivity contribution is 0.697. The maximum absolute atomic E-state index is 5.38. The molecule has 0 fully saturated rings. The van der Waals surface area contributed by atoms with Crippen LogP contribution in [0.1, 0.15) is 12.6 Å². The van der Waals surface area contributed by atoms with E-state index in [1.165, 1.54) is 0 Å². The fraction of sp³-hybridized carbons (Fsp3) is 0.375. The Morgan fingerprint density at radius 2 is 2.55 bits per heavy atom. The third-order valence-corrected chi connectivity index (χ3v) is 1.32. The molecule has 0 atom stereocenters. The van der Waals surface area contributed by atoms with Crippen molar-refractivity contribution in [1.29, 1.82) is 0 Å². The van der Waals surface area contributed by atoms with Gasteiger partial charge in [0.25, 0.3) is 0 Å². The number of nitrogens with two attached hydrogens (primary N) is 1. The van der Waals surface area contributed by atoms with Gasteiger partial charge in [-0.2, -0.15) is 5.10 Å². The predicted octanol–water partition coefficient (Wildman–Crippen LogP) is 0.365. The fourth-order valence-corrected chi connectivity index (χ4v) is 0.761. The maximum Gasteiger partial charge on any atom is 0.102 e. The zero-order valence-electron chi connectivity index (χ0n) is 6.54. The Kier molecular flexibility index (Phi) is 2.70. The van der Waals surface area contributed by atoms with E-state index in [1.807, 2.05) is 19.2 Å². The van der Waals surface area contributed by atoms with Crippen molar-refractivity contribution in [3.05, 3.63) is 18.0 Å². The van der Waals surface area contributed by atoms with Crippen LogP contribution >= 0.6 is 0 Å². The highest BCUT2D eigenvalue weighted by Crippen LogP contribution is 1.92. The molecule has 3 heteroatoms. The second-order valence-electron chi connectivity index (χ2n) is 2.14. The molecule has 0 saturated carbocycles. The van der Waals surface area contributed by atoms with Crippen LogP contribution in [0.4, 0.5) is 0 Å². The third-order valence-electron chi connectivity index (χ3n) is 1.32. The van der Waals surface area contributed by atoms with E-state index < -0.39 is 0 Å². The third kappa shape index (κ3) is 2.10. The average Bonchev–Trinajstić information content (AvgIpc) is 2.48. The molecule has 11 heavy (non-hydrogen) atoms. The largest absolute Gasteiger partial charge is 0.325 e. The van der Waals surface area contributed by atoms with Crippen LogP contribution in [-0.4, -0.2) is 9.78 Å². The lowest BCUT2D eigenvalue weighted by Crippen LogP contribution is -2.01. The first-order valence-corrected chi connectivity index (χ1v) is 3.49. The van der Waals surface area contributed by atoms with Crippen molar-refractivity contribution in [1.82, 2.24) is 9.78 Å². The Bertz CT molecular complexity index is 277. The molecular formula is C8H11N3. The molecule has 0 aliphatic carbocycles. The summed E-state index contributed by atoms with van der Waals surface area (Å²) in [4.78, 5) is 0. The smallest absolute Gasteiger partial charge is 0.102 e. The van der Waals surface area contributed by atoms with E-state index in [0.29, 0.717) is 13.1 Å². The summed E-state index contributed by atoms with van der Waals surface area (Å²) in [6, 6.07) is 1.90. The summed E-state index contributed by atoms with van der Waals surface area (Å²) in [7, 11) is 0. The first kappa shape index (κ1) is 7.83. The van der Waals surface area contributed by atoms with E-state index >= 15 is 0 Å². The van der Waals surface area contributed by atoms with E-state index in [0.717, 1.165) is 5.69 Å². The molecule has 0 saturated heterocycles. The van der Waals surface area contributed by atoms with Gasteiger partial charge in [0.05, 0.1) is 5.69 Å². The number of rotatable bonds is 2. The van der Waals surface area contributed by atoms with Gasteiger partial charge in [0.15, 0.2) is 0 Å². The van der Waals surface area contributed by atoms with E-state index in [4.69, 9.17) is 5.73 Å². The highest BCUT2D eigenvalue weighted by molar-refractivity contribution is 5.01. The van der Waals surface area contributed by atoms with Gasteiger partial charge in [-0.1, -0.05) is 5.92 Å². The van der Waals surface area contributed by atoms with Crippen molar-refractivity contribution in [2.75, 3.05) is 0 Å². The molecule has 2 N–H and O–H groups in total. The lowest BCUT2D eigenvalue weighted by Gasteiger charge is -1.90. The van der Waals surface area contributed by atoms with E-state index in [2.05, 4.69) is 16.9 Å². The molecule has 1 rings (SSSR count). The Labute approximate surface area is 66.2 Å². The molecule has 0 radical (unpaired) electrons. The molecule has 0 bridgehead atoms. The Morgan fingerprint density at radius 1 is 1.73 bits per heavy atom. The molecule has 3 nitrogen and oxygen atoms in total. The van der Waals surface area contributed by atoms with Crippen molar-refractivity contribution in [3.8, 4) is 11.8 Å². The molecular weight excluding hydrogens is 138 g/mol. The first-order chi connectivity index (χ1) is 5.36. The van der Waals surface area contributed by atoms with Crippen LogP contribution in [0.25, 0.3) is 0 Å². The van der Waals surface area contributed by atoms with Gasteiger partial charge in [0.2, 0.25) is 0 Å². The summed E-state index contributed by atoms with van der Waals surface area (Å²) in [5.74, 6) is 5.71.